The van der Waals surface area contributed by atoms with E-state index in [4.69, 9.17) is 33.0 Å². The van der Waals surface area contributed by atoms with Gasteiger partial charge in [-0.05, 0) is 59.7 Å². The number of amides is 1. The number of hydrogen-bond donors (Lipinski definition) is 2. The van der Waals surface area contributed by atoms with Crippen molar-refractivity contribution in [3.05, 3.63) is 99.0 Å². The highest BCUT2D eigenvalue weighted by atomic mass is 35.5. The Balaban J connectivity index is 1.63. The smallest absolute Gasteiger partial charge is 0.335 e. The maximum Gasteiger partial charge on any atom is 0.335 e. The molecule has 3 aromatic rings. The van der Waals surface area contributed by atoms with Crippen molar-refractivity contribution >= 4 is 46.8 Å². The van der Waals surface area contributed by atoms with Crippen molar-refractivity contribution in [1.82, 2.24) is 0 Å². The summed E-state index contributed by atoms with van der Waals surface area (Å²) in [6.07, 6.45) is 1.46. The molecule has 0 heterocycles. The third kappa shape index (κ3) is 6.11. The van der Waals surface area contributed by atoms with Crippen molar-refractivity contribution in [3.8, 4) is 11.8 Å². The second kappa shape index (κ2) is 10.5. The summed E-state index contributed by atoms with van der Waals surface area (Å²) in [4.78, 5) is 23.3. The molecular formula is C24H16Cl2N2O4. The van der Waals surface area contributed by atoms with Crippen molar-refractivity contribution in [2.75, 3.05) is 5.32 Å². The number of nitrogens with one attached hydrogen (secondary N) is 1. The molecule has 0 bridgehead atoms. The van der Waals surface area contributed by atoms with Crippen LogP contribution < -0.4 is 10.1 Å². The number of aromatic carboxylic acids is 1. The number of nitrogens with zero attached hydrogens (tertiary/aromatic N) is 1. The second-order valence-electron chi connectivity index (χ2n) is 6.61. The van der Waals surface area contributed by atoms with Crippen LogP contribution in [0.2, 0.25) is 10.0 Å². The van der Waals surface area contributed by atoms with Crippen molar-refractivity contribution in [3.63, 3.8) is 0 Å². The lowest BCUT2D eigenvalue weighted by atomic mass is 10.1. The summed E-state index contributed by atoms with van der Waals surface area (Å²) in [5.74, 6) is -0.970. The van der Waals surface area contributed by atoms with Crippen LogP contribution in [-0.4, -0.2) is 17.0 Å². The summed E-state index contributed by atoms with van der Waals surface area (Å²) in [6.45, 7) is 0.268. The van der Waals surface area contributed by atoms with Crippen LogP contribution in [0.1, 0.15) is 21.5 Å². The lowest BCUT2D eigenvalue weighted by Gasteiger charge is -2.07. The molecule has 32 heavy (non-hydrogen) atoms. The second-order valence-corrected chi connectivity index (χ2v) is 7.43. The summed E-state index contributed by atoms with van der Waals surface area (Å²) < 4.78 is 5.69. The quantitative estimate of drug-likeness (QED) is 0.337. The molecule has 0 unspecified atom stereocenters. The molecular weight excluding hydrogens is 451 g/mol. The lowest BCUT2D eigenvalue weighted by molar-refractivity contribution is -0.112. The Morgan fingerprint density at radius 1 is 1.00 bits per heavy atom. The summed E-state index contributed by atoms with van der Waals surface area (Å²) in [6, 6.07) is 19.8. The fourth-order valence-corrected chi connectivity index (χ4v) is 2.96. The number of ether oxygens (including phenoxy) is 1. The third-order valence-electron chi connectivity index (χ3n) is 4.34. The van der Waals surface area contributed by atoms with Gasteiger partial charge in [-0.1, -0.05) is 47.5 Å². The first-order valence-electron chi connectivity index (χ1n) is 9.29. The normalized spacial score (nSPS) is 10.8. The Morgan fingerprint density at radius 2 is 1.69 bits per heavy atom. The highest BCUT2D eigenvalue weighted by molar-refractivity contribution is 6.42. The van der Waals surface area contributed by atoms with Gasteiger partial charge in [0, 0.05) is 5.69 Å². The van der Waals surface area contributed by atoms with E-state index in [9.17, 15) is 14.9 Å². The van der Waals surface area contributed by atoms with E-state index in [2.05, 4.69) is 5.32 Å². The molecule has 0 aromatic heterocycles. The standard InChI is InChI=1S/C24H16Cl2N2O4/c25-21-10-7-19(12-22(21)26)28-23(29)18(13-27)11-15-3-8-20(9-4-15)32-14-16-1-5-17(6-2-16)24(30)31/h1-12H,14H2,(H,28,29)(H,30,31)/b18-11+. The number of carboxylic acids is 1. The predicted octanol–water partition coefficient (Wildman–Crippen LogP) is 5.82. The summed E-state index contributed by atoms with van der Waals surface area (Å²) in [7, 11) is 0. The Kier molecular flexibility index (Phi) is 7.50. The molecule has 0 aliphatic heterocycles. The Bertz CT molecular complexity index is 1210. The van der Waals surface area contributed by atoms with Gasteiger partial charge in [0.15, 0.2) is 0 Å². The summed E-state index contributed by atoms with van der Waals surface area (Å²) in [5, 5.41) is 21.6. The number of carbonyl (C=O) groups is 2. The van der Waals surface area contributed by atoms with E-state index in [1.54, 1.807) is 48.5 Å². The minimum Gasteiger partial charge on any atom is -0.489 e. The van der Waals surface area contributed by atoms with Gasteiger partial charge in [-0.15, -0.1) is 0 Å². The largest absolute Gasteiger partial charge is 0.489 e. The molecule has 0 radical (unpaired) electrons. The molecule has 0 aliphatic rings. The highest BCUT2D eigenvalue weighted by Gasteiger charge is 2.11. The average molecular weight is 467 g/mol. The van der Waals surface area contributed by atoms with E-state index in [-0.39, 0.29) is 17.7 Å². The monoisotopic (exact) mass is 466 g/mol. The number of benzene rings is 3. The van der Waals surface area contributed by atoms with Gasteiger partial charge in [-0.3, -0.25) is 4.79 Å². The number of carboxylic acid groups (broad SMARTS) is 1. The van der Waals surface area contributed by atoms with Gasteiger partial charge in [0.1, 0.15) is 24.0 Å². The zero-order chi connectivity index (χ0) is 23.1. The predicted molar refractivity (Wildman–Crippen MR) is 123 cm³/mol. The van der Waals surface area contributed by atoms with Crippen molar-refractivity contribution in [2.45, 2.75) is 6.61 Å². The number of nitriles is 1. The van der Waals surface area contributed by atoms with Crippen molar-refractivity contribution in [1.29, 1.82) is 5.26 Å². The maximum absolute atomic E-state index is 12.4. The van der Waals surface area contributed by atoms with Crippen LogP contribution in [-0.2, 0) is 11.4 Å². The first kappa shape index (κ1) is 22.9. The summed E-state index contributed by atoms with van der Waals surface area (Å²) in [5.41, 5.74) is 2.02. The number of rotatable bonds is 7. The van der Waals surface area contributed by atoms with Crippen LogP contribution in [0.3, 0.4) is 0 Å². The van der Waals surface area contributed by atoms with Gasteiger partial charge in [0.05, 0.1) is 15.6 Å². The molecule has 8 heteroatoms. The van der Waals surface area contributed by atoms with E-state index < -0.39 is 11.9 Å². The molecule has 0 aliphatic carbocycles. The summed E-state index contributed by atoms with van der Waals surface area (Å²) >= 11 is 11.8. The first-order valence-corrected chi connectivity index (χ1v) is 10.0. The van der Waals surface area contributed by atoms with Crippen molar-refractivity contribution < 1.29 is 19.4 Å². The van der Waals surface area contributed by atoms with E-state index >= 15 is 0 Å². The van der Waals surface area contributed by atoms with Gasteiger partial charge in [-0.2, -0.15) is 5.26 Å². The van der Waals surface area contributed by atoms with Crippen LogP contribution in [0, 0.1) is 11.3 Å². The molecule has 0 fully saturated rings. The van der Waals surface area contributed by atoms with E-state index in [0.29, 0.717) is 27.0 Å². The number of carbonyl (C=O) groups excluding carboxylic acids is 1. The van der Waals surface area contributed by atoms with Crippen LogP contribution in [0.4, 0.5) is 5.69 Å². The van der Waals surface area contributed by atoms with E-state index in [1.165, 1.54) is 24.3 Å². The molecule has 1 amide bonds. The fourth-order valence-electron chi connectivity index (χ4n) is 2.66. The molecule has 160 valence electrons. The molecule has 0 atom stereocenters. The van der Waals surface area contributed by atoms with Gasteiger partial charge in [-0.25, -0.2) is 4.79 Å². The zero-order valence-electron chi connectivity index (χ0n) is 16.5. The van der Waals surface area contributed by atoms with Crippen LogP contribution in [0.15, 0.2) is 72.3 Å². The third-order valence-corrected chi connectivity index (χ3v) is 5.08. The highest BCUT2D eigenvalue weighted by Crippen LogP contribution is 2.25. The van der Waals surface area contributed by atoms with E-state index in [0.717, 1.165) is 5.56 Å². The molecule has 0 saturated heterocycles. The van der Waals surface area contributed by atoms with E-state index in [1.807, 2.05) is 6.07 Å². The van der Waals surface area contributed by atoms with Gasteiger partial charge in [0.25, 0.3) is 5.91 Å². The molecule has 3 aromatic carbocycles. The van der Waals surface area contributed by atoms with Crippen LogP contribution in [0.25, 0.3) is 6.08 Å². The number of halogens is 2. The number of anilines is 1. The Labute approximate surface area is 194 Å². The fraction of sp³-hybridized carbons (Fsp3) is 0.0417. The number of hydrogen-bond acceptors (Lipinski definition) is 4. The van der Waals surface area contributed by atoms with Gasteiger partial charge >= 0.3 is 5.97 Å². The molecule has 6 nitrogen and oxygen atoms in total. The van der Waals surface area contributed by atoms with Gasteiger partial charge in [0.2, 0.25) is 0 Å². The minimum absolute atomic E-state index is 0.0803. The maximum atomic E-state index is 12.4. The lowest BCUT2D eigenvalue weighted by Crippen LogP contribution is -2.13. The average Bonchev–Trinajstić information content (AvgIpc) is 2.79. The molecule has 0 spiro atoms. The topological polar surface area (TPSA) is 99.4 Å². The van der Waals surface area contributed by atoms with Crippen LogP contribution >= 0.6 is 23.2 Å². The Hall–Kier alpha value is -3.79. The minimum atomic E-state index is -0.983. The molecule has 2 N–H and O–H groups in total. The molecule has 3 rings (SSSR count). The van der Waals surface area contributed by atoms with Crippen LogP contribution in [0.5, 0.6) is 5.75 Å². The van der Waals surface area contributed by atoms with Crippen molar-refractivity contribution in [2.24, 2.45) is 0 Å². The van der Waals surface area contributed by atoms with Gasteiger partial charge < -0.3 is 15.2 Å². The Morgan fingerprint density at radius 3 is 2.28 bits per heavy atom. The SMILES string of the molecule is N#C/C(=C\c1ccc(OCc2ccc(C(=O)O)cc2)cc1)C(=O)Nc1ccc(Cl)c(Cl)c1. The molecule has 0 saturated carbocycles. The first-order chi connectivity index (χ1) is 15.4. The zero-order valence-corrected chi connectivity index (χ0v) is 18.0.